The van der Waals surface area contributed by atoms with Gasteiger partial charge in [-0.1, -0.05) is 31.0 Å². The van der Waals surface area contributed by atoms with E-state index in [4.69, 9.17) is 4.74 Å². The van der Waals surface area contributed by atoms with Crippen molar-refractivity contribution in [1.29, 1.82) is 0 Å². The first-order valence-electron chi connectivity index (χ1n) is 10.9. The van der Waals surface area contributed by atoms with Crippen molar-refractivity contribution in [2.45, 2.75) is 77.5 Å². The summed E-state index contributed by atoms with van der Waals surface area (Å²) in [5, 5.41) is 4.17. The monoisotopic (exact) mass is 430 g/mol. The van der Waals surface area contributed by atoms with Crippen LogP contribution in [0, 0.1) is 0 Å². The average molecular weight is 431 g/mol. The molecule has 2 amide bonds. The van der Waals surface area contributed by atoms with Gasteiger partial charge in [-0.3, -0.25) is 9.59 Å². The predicted octanol–water partition coefficient (Wildman–Crippen LogP) is 4.78. The maximum atomic E-state index is 13.3. The van der Waals surface area contributed by atoms with Crippen molar-refractivity contribution >= 4 is 33.2 Å². The molecule has 3 rings (SSSR count). The Hall–Kier alpha value is -1.92. The number of hydrogen-bond donors (Lipinski definition) is 1. The van der Waals surface area contributed by atoms with Crippen LogP contribution < -0.4 is 5.32 Å². The number of fused-ring (bicyclic) bond motifs is 1. The lowest BCUT2D eigenvalue weighted by atomic mass is 9.96. The van der Waals surface area contributed by atoms with Gasteiger partial charge in [-0.2, -0.15) is 0 Å². The van der Waals surface area contributed by atoms with Crippen LogP contribution in [0.25, 0.3) is 10.1 Å². The van der Waals surface area contributed by atoms with E-state index in [1.807, 2.05) is 44.7 Å². The number of nitrogens with zero attached hydrogens (tertiary/aromatic N) is 1. The number of carbonyl (C=O) groups excluding carboxylic acids is 2. The van der Waals surface area contributed by atoms with E-state index < -0.39 is 5.60 Å². The van der Waals surface area contributed by atoms with Crippen molar-refractivity contribution in [2.75, 3.05) is 13.7 Å². The van der Waals surface area contributed by atoms with Gasteiger partial charge in [0, 0.05) is 30.4 Å². The molecule has 0 aliphatic carbocycles. The predicted molar refractivity (Wildman–Crippen MR) is 123 cm³/mol. The van der Waals surface area contributed by atoms with E-state index in [1.165, 1.54) is 0 Å². The van der Waals surface area contributed by atoms with Crippen LogP contribution in [0.15, 0.2) is 24.3 Å². The van der Waals surface area contributed by atoms with Crippen LogP contribution in [-0.2, 0) is 16.0 Å². The van der Waals surface area contributed by atoms with E-state index in [9.17, 15) is 9.59 Å². The van der Waals surface area contributed by atoms with Gasteiger partial charge >= 0.3 is 0 Å². The van der Waals surface area contributed by atoms with Crippen molar-refractivity contribution < 1.29 is 14.3 Å². The van der Waals surface area contributed by atoms with Gasteiger partial charge in [0.2, 0.25) is 0 Å². The fourth-order valence-corrected chi connectivity index (χ4v) is 5.27. The molecule has 1 saturated heterocycles. The lowest BCUT2D eigenvalue weighted by molar-refractivity contribution is -0.153. The molecule has 1 fully saturated rings. The molecule has 1 aromatic carbocycles. The first kappa shape index (κ1) is 22.8. The van der Waals surface area contributed by atoms with Crippen molar-refractivity contribution in [1.82, 2.24) is 10.2 Å². The molecular formula is C24H34N2O3S. The Morgan fingerprint density at radius 2 is 1.97 bits per heavy atom. The fraction of sp³-hybridized carbons (Fsp3) is 0.583. The minimum atomic E-state index is -0.850. The van der Waals surface area contributed by atoms with Gasteiger partial charge in [-0.25, -0.2) is 0 Å². The number of benzene rings is 1. The molecule has 164 valence electrons. The molecule has 30 heavy (non-hydrogen) atoms. The summed E-state index contributed by atoms with van der Waals surface area (Å²) < 4.78 is 6.62. The van der Waals surface area contributed by atoms with Crippen molar-refractivity contribution in [3.8, 4) is 0 Å². The number of carbonyl (C=O) groups is 2. The maximum absolute atomic E-state index is 13.3. The minimum absolute atomic E-state index is 0.0232. The molecule has 1 aromatic heterocycles. The second-order valence-corrected chi connectivity index (χ2v) is 10.0. The van der Waals surface area contributed by atoms with E-state index in [0.717, 1.165) is 52.8 Å². The van der Waals surface area contributed by atoms with Gasteiger partial charge in [0.25, 0.3) is 11.8 Å². The van der Waals surface area contributed by atoms with Crippen LogP contribution in [0.2, 0.25) is 0 Å². The van der Waals surface area contributed by atoms with Crippen LogP contribution in [0.3, 0.4) is 0 Å². The Morgan fingerprint density at radius 1 is 1.23 bits per heavy atom. The number of amides is 2. The number of thiophene rings is 1. The molecule has 1 aliphatic heterocycles. The lowest BCUT2D eigenvalue weighted by Gasteiger charge is -2.36. The van der Waals surface area contributed by atoms with E-state index in [1.54, 1.807) is 18.4 Å². The van der Waals surface area contributed by atoms with Crippen LogP contribution in [-0.4, -0.2) is 48.1 Å². The molecule has 0 unspecified atom stereocenters. The molecule has 2 heterocycles. The van der Waals surface area contributed by atoms with Gasteiger partial charge in [-0.05, 0) is 64.0 Å². The van der Waals surface area contributed by atoms with E-state index in [0.29, 0.717) is 6.42 Å². The van der Waals surface area contributed by atoms with E-state index in [-0.39, 0.29) is 23.9 Å². The largest absolute Gasteiger partial charge is 0.369 e. The second-order valence-electron chi connectivity index (χ2n) is 8.95. The molecule has 0 radical (unpaired) electrons. The second kappa shape index (κ2) is 9.48. The van der Waals surface area contributed by atoms with Gasteiger partial charge in [-0.15, -0.1) is 11.3 Å². The van der Waals surface area contributed by atoms with Gasteiger partial charge in [0.1, 0.15) is 5.60 Å². The Balaban J connectivity index is 1.99. The lowest BCUT2D eigenvalue weighted by Crippen LogP contribution is -2.51. The summed E-state index contributed by atoms with van der Waals surface area (Å²) >= 11 is 1.55. The molecule has 5 nitrogen and oxygen atoms in total. The molecule has 6 heteroatoms. The Bertz CT molecular complexity index is 903. The van der Waals surface area contributed by atoms with Crippen LogP contribution in [0.1, 0.15) is 68.6 Å². The van der Waals surface area contributed by atoms with Crippen molar-refractivity contribution in [3.63, 3.8) is 0 Å². The maximum Gasteiger partial charge on any atom is 0.261 e. The highest BCUT2D eigenvalue weighted by Crippen LogP contribution is 2.34. The van der Waals surface area contributed by atoms with Gasteiger partial charge in [0.15, 0.2) is 0 Å². The highest BCUT2D eigenvalue weighted by molar-refractivity contribution is 7.21. The first-order chi connectivity index (χ1) is 14.2. The summed E-state index contributed by atoms with van der Waals surface area (Å²) in [7, 11) is 1.59. The van der Waals surface area contributed by atoms with Crippen molar-refractivity contribution in [2.24, 2.45) is 0 Å². The van der Waals surface area contributed by atoms with Crippen LogP contribution in [0.4, 0.5) is 0 Å². The Kier molecular flexibility index (Phi) is 7.19. The Morgan fingerprint density at radius 3 is 2.67 bits per heavy atom. The number of rotatable bonds is 6. The zero-order chi connectivity index (χ0) is 21.9. The number of methoxy groups -OCH3 is 1. The molecule has 1 atom stereocenters. The number of hydrogen-bond acceptors (Lipinski definition) is 4. The highest BCUT2D eigenvalue weighted by atomic mass is 32.1. The number of likely N-dealkylation sites (tertiary alicyclic amines) is 1. The van der Waals surface area contributed by atoms with E-state index in [2.05, 4.69) is 17.4 Å². The molecule has 0 saturated carbocycles. The molecule has 0 bridgehead atoms. The standard InChI is InChI=1S/C24H34N2O3S/c1-16(2)25-22(27)21-19(18-12-8-9-13-20(18)30-21)15-17-11-7-6-10-14-26(17)23(28)24(3,4)29-5/h8-9,12-13,16-17H,6-7,10-11,14-15H2,1-5H3,(H,25,27)/t17-/m0/s1. The fourth-order valence-electron chi connectivity index (χ4n) is 4.14. The summed E-state index contributed by atoms with van der Waals surface area (Å²) in [6, 6.07) is 8.34. The number of nitrogens with one attached hydrogen (secondary N) is 1. The smallest absolute Gasteiger partial charge is 0.261 e. The summed E-state index contributed by atoms with van der Waals surface area (Å²) in [5.41, 5.74) is 0.214. The summed E-state index contributed by atoms with van der Waals surface area (Å²) in [4.78, 5) is 29.0. The van der Waals surface area contributed by atoms with E-state index >= 15 is 0 Å². The third-order valence-corrected chi connectivity index (χ3v) is 7.14. The molecule has 1 aliphatic rings. The van der Waals surface area contributed by atoms with Gasteiger partial charge < -0.3 is 15.0 Å². The number of ether oxygens (including phenoxy) is 1. The molecular weight excluding hydrogens is 396 g/mol. The summed E-state index contributed by atoms with van der Waals surface area (Å²) in [5.74, 6) is 0.00883. The highest BCUT2D eigenvalue weighted by Gasteiger charge is 2.36. The third kappa shape index (κ3) is 4.86. The van der Waals surface area contributed by atoms with Crippen molar-refractivity contribution in [3.05, 3.63) is 34.7 Å². The Labute approximate surface area is 183 Å². The summed E-state index contributed by atoms with van der Waals surface area (Å²) in [6.45, 7) is 8.36. The first-order valence-corrected chi connectivity index (χ1v) is 11.7. The SMILES string of the molecule is COC(C)(C)C(=O)N1CCCCC[C@H]1Cc1c(C(=O)NC(C)C)sc2ccccc12. The summed E-state index contributed by atoms with van der Waals surface area (Å²) in [6.07, 6.45) is 4.86. The molecule has 0 spiro atoms. The quantitative estimate of drug-likeness (QED) is 0.718. The molecule has 2 aromatic rings. The molecule has 1 N–H and O–H groups in total. The minimum Gasteiger partial charge on any atom is -0.369 e. The average Bonchev–Trinajstić information content (AvgIpc) is 2.91. The van der Waals surface area contributed by atoms with Gasteiger partial charge in [0.05, 0.1) is 4.88 Å². The zero-order valence-electron chi connectivity index (χ0n) is 18.8. The van der Waals surface area contributed by atoms with Crippen LogP contribution in [0.5, 0.6) is 0 Å². The normalized spacial score (nSPS) is 17.9. The topological polar surface area (TPSA) is 58.6 Å². The third-order valence-electron chi connectivity index (χ3n) is 5.93. The van der Waals surface area contributed by atoms with Crippen LogP contribution >= 0.6 is 11.3 Å². The zero-order valence-corrected chi connectivity index (χ0v) is 19.6.